The van der Waals surface area contributed by atoms with Crippen LogP contribution in [0.15, 0.2) is 85.1 Å². The van der Waals surface area contributed by atoms with Crippen molar-refractivity contribution in [3.05, 3.63) is 96.2 Å². The molecule has 2 aromatic heterocycles. The van der Waals surface area contributed by atoms with Crippen molar-refractivity contribution in [2.45, 2.75) is 13.0 Å². The number of thiazole rings is 1. The summed E-state index contributed by atoms with van der Waals surface area (Å²) in [7, 11) is 0. The number of fused-ring (bicyclic) bond motifs is 3. The topological polar surface area (TPSA) is 46.4 Å². The number of benzene rings is 3. The highest BCUT2D eigenvalue weighted by molar-refractivity contribution is 7.23. The average Bonchev–Trinajstić information content (AvgIpc) is 3.32. The van der Waals surface area contributed by atoms with Crippen molar-refractivity contribution >= 4 is 32.4 Å². The number of hydrogen-bond donors (Lipinski definition) is 1. The highest BCUT2D eigenvalue weighted by Crippen LogP contribution is 2.30. The first kappa shape index (κ1) is 17.6. The van der Waals surface area contributed by atoms with Gasteiger partial charge in [0, 0.05) is 17.3 Å². The Balaban J connectivity index is 1.44. The van der Waals surface area contributed by atoms with Crippen LogP contribution >= 0.6 is 11.3 Å². The highest BCUT2D eigenvalue weighted by atomic mass is 32.1. The lowest BCUT2D eigenvalue weighted by atomic mass is 10.1. The van der Waals surface area contributed by atoms with Crippen LogP contribution in [0.3, 0.4) is 0 Å². The van der Waals surface area contributed by atoms with E-state index >= 15 is 0 Å². The lowest BCUT2D eigenvalue weighted by molar-refractivity contribution is 0.0940. The van der Waals surface area contributed by atoms with Crippen molar-refractivity contribution in [3.63, 3.8) is 0 Å². The second-order valence-corrected chi connectivity index (χ2v) is 8.04. The van der Waals surface area contributed by atoms with Crippen LogP contribution in [0.4, 0.5) is 0 Å². The lowest BCUT2D eigenvalue weighted by Crippen LogP contribution is -2.26. The molecule has 29 heavy (non-hydrogen) atoms. The molecule has 0 saturated heterocycles. The summed E-state index contributed by atoms with van der Waals surface area (Å²) in [5, 5.41) is 3.08. The number of nitrogens with zero attached hydrogens (tertiary/aromatic N) is 2. The van der Waals surface area contributed by atoms with Gasteiger partial charge in [0.2, 0.25) is 0 Å². The molecule has 0 radical (unpaired) electrons. The van der Waals surface area contributed by atoms with Gasteiger partial charge >= 0.3 is 0 Å². The van der Waals surface area contributed by atoms with Crippen molar-refractivity contribution in [1.82, 2.24) is 14.7 Å². The molecule has 1 N–H and O–H groups in total. The van der Waals surface area contributed by atoms with E-state index in [1.807, 2.05) is 73.7 Å². The third-order valence-electron chi connectivity index (χ3n) is 5.07. The van der Waals surface area contributed by atoms with Crippen LogP contribution in [0.5, 0.6) is 0 Å². The Morgan fingerprint density at radius 1 is 1.00 bits per heavy atom. The summed E-state index contributed by atoms with van der Waals surface area (Å²) in [4.78, 5) is 18.4. The van der Waals surface area contributed by atoms with E-state index in [2.05, 4.69) is 28.0 Å². The Morgan fingerprint density at radius 2 is 1.72 bits per heavy atom. The first-order chi connectivity index (χ1) is 14.2. The van der Waals surface area contributed by atoms with Crippen molar-refractivity contribution in [1.29, 1.82) is 0 Å². The number of imidazole rings is 1. The minimum atomic E-state index is -0.0701. The van der Waals surface area contributed by atoms with Gasteiger partial charge in [-0.1, -0.05) is 72.0 Å². The molecule has 0 aliphatic rings. The molecule has 0 fully saturated rings. The first-order valence-electron chi connectivity index (χ1n) is 9.52. The van der Waals surface area contributed by atoms with E-state index in [0.717, 1.165) is 32.0 Å². The van der Waals surface area contributed by atoms with Gasteiger partial charge in [0.15, 0.2) is 4.96 Å². The van der Waals surface area contributed by atoms with Gasteiger partial charge in [-0.15, -0.1) is 0 Å². The van der Waals surface area contributed by atoms with Gasteiger partial charge < -0.3 is 5.32 Å². The van der Waals surface area contributed by atoms with Crippen molar-refractivity contribution in [2.75, 3.05) is 0 Å². The van der Waals surface area contributed by atoms with Crippen LogP contribution < -0.4 is 5.32 Å². The van der Waals surface area contributed by atoms with Gasteiger partial charge in [0.05, 0.1) is 22.0 Å². The summed E-state index contributed by atoms with van der Waals surface area (Å²) in [6.45, 7) is 2.00. The third-order valence-corrected chi connectivity index (χ3v) is 6.09. The zero-order valence-electron chi connectivity index (χ0n) is 15.9. The molecule has 142 valence electrons. The molecule has 1 amide bonds. The number of carbonyl (C=O) groups is 1. The Labute approximate surface area is 172 Å². The van der Waals surface area contributed by atoms with Crippen molar-refractivity contribution in [3.8, 4) is 11.3 Å². The normalized spacial score (nSPS) is 12.3. The third kappa shape index (κ3) is 3.30. The standard InChI is InChI=1S/C24H19N3OS/c1-16(17-8-4-2-5-9-17)25-23(28)19-12-13-21-22(14-19)29-24-26-20(15-27(21)24)18-10-6-3-7-11-18/h2-16H,1H3,(H,25,28)/t16-/m1/s1. The Morgan fingerprint density at radius 3 is 2.48 bits per heavy atom. The summed E-state index contributed by atoms with van der Waals surface area (Å²) in [5.74, 6) is -0.0701. The molecular formula is C24H19N3OS. The van der Waals surface area contributed by atoms with Gasteiger partial charge in [0.1, 0.15) is 0 Å². The Hall–Kier alpha value is -3.44. The molecular weight excluding hydrogens is 378 g/mol. The molecule has 5 heteroatoms. The first-order valence-corrected chi connectivity index (χ1v) is 10.3. The van der Waals surface area contributed by atoms with Crippen LogP contribution in [-0.2, 0) is 0 Å². The molecule has 0 saturated carbocycles. The zero-order chi connectivity index (χ0) is 19.8. The second-order valence-electron chi connectivity index (χ2n) is 7.04. The lowest BCUT2D eigenvalue weighted by Gasteiger charge is -2.14. The summed E-state index contributed by atoms with van der Waals surface area (Å²) >= 11 is 1.60. The number of amides is 1. The maximum Gasteiger partial charge on any atom is 0.251 e. The molecule has 3 aromatic carbocycles. The van der Waals surface area contributed by atoms with Crippen molar-refractivity contribution in [2.24, 2.45) is 0 Å². The SMILES string of the molecule is C[C@@H](NC(=O)c1ccc2c(c1)sc1nc(-c3ccccc3)cn12)c1ccccc1. The second kappa shape index (κ2) is 7.18. The van der Waals surface area contributed by atoms with Crippen LogP contribution in [0.2, 0.25) is 0 Å². The molecule has 5 aromatic rings. The van der Waals surface area contributed by atoms with E-state index in [4.69, 9.17) is 4.98 Å². The van der Waals surface area contributed by atoms with E-state index in [1.54, 1.807) is 11.3 Å². The number of hydrogen-bond acceptors (Lipinski definition) is 3. The number of aromatic nitrogens is 2. The van der Waals surface area contributed by atoms with E-state index in [1.165, 1.54) is 0 Å². The molecule has 0 aliphatic carbocycles. The van der Waals surface area contributed by atoms with Gasteiger partial charge in [-0.25, -0.2) is 4.98 Å². The van der Waals surface area contributed by atoms with Crippen LogP contribution in [0.1, 0.15) is 28.9 Å². The number of carbonyl (C=O) groups excluding carboxylic acids is 1. The van der Waals surface area contributed by atoms with Crippen LogP contribution in [-0.4, -0.2) is 15.3 Å². The van der Waals surface area contributed by atoms with Gasteiger partial charge in [-0.05, 0) is 30.7 Å². The predicted molar refractivity (Wildman–Crippen MR) is 118 cm³/mol. The highest BCUT2D eigenvalue weighted by Gasteiger charge is 2.15. The largest absolute Gasteiger partial charge is 0.346 e. The molecule has 0 bridgehead atoms. The molecule has 5 rings (SSSR count). The fraction of sp³-hybridized carbons (Fsp3) is 0.0833. The zero-order valence-corrected chi connectivity index (χ0v) is 16.7. The minimum Gasteiger partial charge on any atom is -0.346 e. The van der Waals surface area contributed by atoms with Gasteiger partial charge in [0.25, 0.3) is 5.91 Å². The Bertz CT molecular complexity index is 1310. The fourth-order valence-corrected chi connectivity index (χ4v) is 4.54. The van der Waals surface area contributed by atoms with Crippen LogP contribution in [0.25, 0.3) is 26.4 Å². The maximum atomic E-state index is 12.7. The monoisotopic (exact) mass is 397 g/mol. The summed E-state index contributed by atoms with van der Waals surface area (Å²) in [6, 6.07) is 25.9. The maximum absolute atomic E-state index is 12.7. The van der Waals surface area contributed by atoms with Gasteiger partial charge in [-0.2, -0.15) is 0 Å². The molecule has 4 nitrogen and oxygen atoms in total. The summed E-state index contributed by atoms with van der Waals surface area (Å²) in [6.07, 6.45) is 2.06. The van der Waals surface area contributed by atoms with Crippen LogP contribution in [0, 0.1) is 0 Å². The van der Waals surface area contributed by atoms with Gasteiger partial charge in [-0.3, -0.25) is 9.20 Å². The number of nitrogens with one attached hydrogen (secondary N) is 1. The molecule has 2 heterocycles. The number of rotatable bonds is 4. The van der Waals surface area contributed by atoms with E-state index in [0.29, 0.717) is 5.56 Å². The van der Waals surface area contributed by atoms with E-state index < -0.39 is 0 Å². The van der Waals surface area contributed by atoms with Crippen molar-refractivity contribution < 1.29 is 4.79 Å². The average molecular weight is 398 g/mol. The molecule has 0 aliphatic heterocycles. The molecule has 0 unspecified atom stereocenters. The molecule has 1 atom stereocenters. The van der Waals surface area contributed by atoms with E-state index in [-0.39, 0.29) is 11.9 Å². The fourth-order valence-electron chi connectivity index (χ4n) is 3.50. The quantitative estimate of drug-likeness (QED) is 0.422. The van der Waals surface area contributed by atoms with E-state index in [9.17, 15) is 4.79 Å². The summed E-state index contributed by atoms with van der Waals surface area (Å²) < 4.78 is 3.14. The molecule has 0 spiro atoms. The Kier molecular flexibility index (Phi) is 4.37. The smallest absolute Gasteiger partial charge is 0.251 e. The summed E-state index contributed by atoms with van der Waals surface area (Å²) in [5.41, 5.74) is 4.87. The predicted octanol–water partition coefficient (Wildman–Crippen LogP) is 5.71. The minimum absolute atomic E-state index is 0.0477.